The van der Waals surface area contributed by atoms with Crippen LogP contribution >= 0.6 is 15.9 Å². The molecule has 2 aromatic rings. The normalized spacial score (nSPS) is 10.4. The van der Waals surface area contributed by atoms with Crippen molar-refractivity contribution >= 4 is 21.9 Å². The summed E-state index contributed by atoms with van der Waals surface area (Å²) < 4.78 is 7.11. The van der Waals surface area contributed by atoms with Crippen molar-refractivity contribution < 1.29 is 14.6 Å². The molecule has 1 N–H and O–H groups in total. The van der Waals surface area contributed by atoms with E-state index in [0.717, 1.165) is 5.56 Å². The van der Waals surface area contributed by atoms with Crippen LogP contribution in [0.1, 0.15) is 21.6 Å². The van der Waals surface area contributed by atoms with E-state index in [2.05, 4.69) is 20.9 Å². The van der Waals surface area contributed by atoms with Crippen LogP contribution in [0.2, 0.25) is 0 Å². The molecule has 7 heteroatoms. The summed E-state index contributed by atoms with van der Waals surface area (Å²) in [5, 5.41) is 8.94. The zero-order valence-electron chi connectivity index (χ0n) is 11.5. The van der Waals surface area contributed by atoms with Gasteiger partial charge in [0, 0.05) is 16.2 Å². The Balaban J connectivity index is 2.43. The Labute approximate surface area is 129 Å². The van der Waals surface area contributed by atoms with Gasteiger partial charge in [0.2, 0.25) is 0 Å². The van der Waals surface area contributed by atoms with E-state index in [1.807, 2.05) is 0 Å². The molecule has 0 radical (unpaired) electrons. The lowest BCUT2D eigenvalue weighted by Gasteiger charge is -2.12. The van der Waals surface area contributed by atoms with Gasteiger partial charge in [-0.25, -0.2) is 9.78 Å². The molecule has 0 atom stereocenters. The van der Waals surface area contributed by atoms with Crippen LogP contribution in [-0.2, 0) is 6.54 Å². The van der Waals surface area contributed by atoms with Gasteiger partial charge in [0.1, 0.15) is 0 Å². The van der Waals surface area contributed by atoms with E-state index >= 15 is 0 Å². The topological polar surface area (TPSA) is 81.4 Å². The Kier molecular flexibility index (Phi) is 4.42. The van der Waals surface area contributed by atoms with E-state index in [-0.39, 0.29) is 23.7 Å². The summed E-state index contributed by atoms with van der Waals surface area (Å²) in [5.41, 5.74) is 1.28. The van der Waals surface area contributed by atoms with Gasteiger partial charge in [-0.1, -0.05) is 22.0 Å². The third-order valence-electron chi connectivity index (χ3n) is 2.91. The molecule has 0 aliphatic heterocycles. The highest BCUT2D eigenvalue weighted by atomic mass is 79.9. The fraction of sp³-hybridized carbons (Fsp3) is 0.214. The van der Waals surface area contributed by atoms with Gasteiger partial charge in [-0.3, -0.25) is 9.36 Å². The lowest BCUT2D eigenvalue weighted by molar-refractivity contribution is 0.0697. The summed E-state index contributed by atoms with van der Waals surface area (Å²) in [6.07, 6.45) is 0. The number of benzene rings is 1. The summed E-state index contributed by atoms with van der Waals surface area (Å²) in [4.78, 5) is 27.1. The number of halogens is 1. The van der Waals surface area contributed by atoms with Crippen LogP contribution in [0, 0.1) is 6.92 Å². The highest BCUT2D eigenvalue weighted by Crippen LogP contribution is 2.20. The maximum Gasteiger partial charge on any atom is 0.335 e. The number of rotatable bonds is 4. The molecule has 0 saturated heterocycles. The fourth-order valence-electron chi connectivity index (χ4n) is 1.87. The van der Waals surface area contributed by atoms with Gasteiger partial charge in [-0.15, -0.1) is 0 Å². The van der Waals surface area contributed by atoms with Crippen LogP contribution in [0.3, 0.4) is 0 Å². The number of nitrogens with zero attached hydrogens (tertiary/aromatic N) is 2. The average molecular weight is 353 g/mol. The molecule has 0 aliphatic carbocycles. The Hall–Kier alpha value is -2.15. The van der Waals surface area contributed by atoms with Crippen molar-refractivity contribution in [3.05, 3.63) is 55.9 Å². The molecule has 1 aromatic carbocycles. The van der Waals surface area contributed by atoms with Crippen molar-refractivity contribution in [2.24, 2.45) is 0 Å². The second kappa shape index (κ2) is 6.09. The lowest BCUT2D eigenvalue weighted by atomic mass is 10.1. The van der Waals surface area contributed by atoms with Gasteiger partial charge < -0.3 is 9.84 Å². The summed E-state index contributed by atoms with van der Waals surface area (Å²) in [7, 11) is 1.44. The van der Waals surface area contributed by atoms with Crippen LogP contribution in [0.5, 0.6) is 6.01 Å². The molecule has 1 aromatic heterocycles. The van der Waals surface area contributed by atoms with E-state index in [4.69, 9.17) is 9.84 Å². The number of carboxylic acid groups (broad SMARTS) is 1. The number of aryl methyl sites for hydroxylation is 1. The van der Waals surface area contributed by atoms with Crippen LogP contribution < -0.4 is 10.3 Å². The maximum absolute atomic E-state index is 12.0. The lowest BCUT2D eigenvalue weighted by Crippen LogP contribution is -2.23. The first-order valence-corrected chi connectivity index (χ1v) is 6.86. The van der Waals surface area contributed by atoms with Gasteiger partial charge >= 0.3 is 5.97 Å². The fourth-order valence-corrected chi connectivity index (χ4v) is 2.38. The van der Waals surface area contributed by atoms with Crippen molar-refractivity contribution in [3.63, 3.8) is 0 Å². The molecule has 21 heavy (non-hydrogen) atoms. The van der Waals surface area contributed by atoms with Crippen molar-refractivity contribution in [1.82, 2.24) is 9.55 Å². The van der Waals surface area contributed by atoms with Crippen LogP contribution in [0.4, 0.5) is 0 Å². The molecule has 0 spiro atoms. The van der Waals surface area contributed by atoms with Crippen molar-refractivity contribution in [2.75, 3.05) is 7.11 Å². The minimum absolute atomic E-state index is 0.173. The molecule has 0 bridgehead atoms. The van der Waals surface area contributed by atoms with E-state index in [0.29, 0.717) is 10.2 Å². The predicted octanol–water partition coefficient (Wildman–Crippen LogP) is 2.07. The number of hydrogen-bond acceptors (Lipinski definition) is 4. The standard InChI is InChI=1S/C14H13BrN2O4/c1-8-5-12(18)17(14(16-8)21-2)7-10-4-3-9(13(19)20)6-11(10)15/h3-6H,7H2,1-2H3,(H,19,20). The molecule has 6 nitrogen and oxygen atoms in total. The summed E-state index contributed by atoms with van der Waals surface area (Å²) in [5.74, 6) is -1.01. The maximum atomic E-state index is 12.0. The first-order chi connectivity index (χ1) is 9.92. The summed E-state index contributed by atoms with van der Waals surface area (Å²) >= 11 is 3.32. The smallest absolute Gasteiger partial charge is 0.335 e. The van der Waals surface area contributed by atoms with E-state index in [1.165, 1.54) is 29.9 Å². The highest BCUT2D eigenvalue weighted by Gasteiger charge is 2.11. The van der Waals surface area contributed by atoms with Crippen molar-refractivity contribution in [3.8, 4) is 6.01 Å². The molecule has 0 amide bonds. The quantitative estimate of drug-likeness (QED) is 0.910. The SMILES string of the molecule is COc1nc(C)cc(=O)n1Cc1ccc(C(=O)O)cc1Br. The second-order valence-corrected chi connectivity index (χ2v) is 5.27. The zero-order chi connectivity index (χ0) is 15.6. The molecule has 2 rings (SSSR count). The Bertz CT molecular complexity index is 755. The Morgan fingerprint density at radius 2 is 2.14 bits per heavy atom. The monoisotopic (exact) mass is 352 g/mol. The first kappa shape index (κ1) is 15.2. The molecule has 0 saturated carbocycles. The number of aromatic nitrogens is 2. The number of carbonyl (C=O) groups is 1. The number of hydrogen-bond donors (Lipinski definition) is 1. The second-order valence-electron chi connectivity index (χ2n) is 4.42. The van der Waals surface area contributed by atoms with Gasteiger partial charge in [0.05, 0.1) is 19.2 Å². The van der Waals surface area contributed by atoms with Crippen LogP contribution in [-0.4, -0.2) is 27.7 Å². The third-order valence-corrected chi connectivity index (χ3v) is 3.65. The Morgan fingerprint density at radius 3 is 2.71 bits per heavy atom. The zero-order valence-corrected chi connectivity index (χ0v) is 13.0. The molecule has 0 fully saturated rings. The van der Waals surface area contributed by atoms with Crippen LogP contribution in [0.25, 0.3) is 0 Å². The molecule has 1 heterocycles. The summed E-state index contributed by atoms with van der Waals surface area (Å²) in [6, 6.07) is 6.27. The van der Waals surface area contributed by atoms with Gasteiger partial charge in [-0.05, 0) is 24.6 Å². The predicted molar refractivity (Wildman–Crippen MR) is 80.0 cm³/mol. The van der Waals surface area contributed by atoms with Gasteiger partial charge in [0.25, 0.3) is 11.6 Å². The minimum atomic E-state index is -1.01. The van der Waals surface area contributed by atoms with E-state index in [9.17, 15) is 9.59 Å². The largest absolute Gasteiger partial charge is 0.478 e. The average Bonchev–Trinajstić information content (AvgIpc) is 2.42. The summed E-state index contributed by atoms with van der Waals surface area (Å²) in [6.45, 7) is 1.95. The molecular formula is C14H13BrN2O4. The number of aromatic carboxylic acids is 1. The van der Waals surface area contributed by atoms with Crippen molar-refractivity contribution in [2.45, 2.75) is 13.5 Å². The van der Waals surface area contributed by atoms with Gasteiger partial charge in [0.15, 0.2) is 0 Å². The van der Waals surface area contributed by atoms with E-state index in [1.54, 1.807) is 13.0 Å². The molecule has 0 unspecified atom stereocenters. The van der Waals surface area contributed by atoms with Crippen LogP contribution in [0.15, 0.2) is 33.5 Å². The number of carboxylic acids is 1. The first-order valence-electron chi connectivity index (χ1n) is 6.06. The molecule has 110 valence electrons. The molecular weight excluding hydrogens is 340 g/mol. The highest BCUT2D eigenvalue weighted by molar-refractivity contribution is 9.10. The Morgan fingerprint density at radius 1 is 1.43 bits per heavy atom. The van der Waals surface area contributed by atoms with Gasteiger partial charge in [-0.2, -0.15) is 0 Å². The molecule has 0 aliphatic rings. The number of methoxy groups -OCH3 is 1. The van der Waals surface area contributed by atoms with Crippen molar-refractivity contribution in [1.29, 1.82) is 0 Å². The number of ether oxygens (including phenoxy) is 1. The minimum Gasteiger partial charge on any atom is -0.478 e. The third kappa shape index (κ3) is 3.30. The van der Waals surface area contributed by atoms with E-state index < -0.39 is 5.97 Å².